The van der Waals surface area contributed by atoms with Crippen molar-refractivity contribution in [2.24, 2.45) is 5.73 Å². The molecule has 0 heterocycles. The summed E-state index contributed by atoms with van der Waals surface area (Å²) in [5.41, 5.74) is 6.04. The molecule has 6 heteroatoms. The van der Waals surface area contributed by atoms with Crippen LogP contribution in [0.15, 0.2) is 12.1 Å². The standard InChI is InChI=1S/C12H15Cl2FN2O/c1-2-3-4-10(16)12(18)17-7-5-8(13)11(15)9(14)6-7/h5-6,10H,2-4,16H2,1H3,(H,17,18). The summed E-state index contributed by atoms with van der Waals surface area (Å²) in [6.07, 6.45) is 2.44. The van der Waals surface area contributed by atoms with Crippen LogP contribution in [-0.2, 0) is 4.79 Å². The van der Waals surface area contributed by atoms with Crippen LogP contribution in [-0.4, -0.2) is 11.9 Å². The number of nitrogens with two attached hydrogens (primary N) is 1. The summed E-state index contributed by atoms with van der Waals surface area (Å²) >= 11 is 11.2. The minimum Gasteiger partial charge on any atom is -0.325 e. The third-order valence-corrected chi connectivity index (χ3v) is 3.01. The van der Waals surface area contributed by atoms with E-state index in [0.29, 0.717) is 12.1 Å². The molecule has 3 N–H and O–H groups in total. The van der Waals surface area contributed by atoms with Crippen molar-refractivity contribution in [3.05, 3.63) is 28.0 Å². The molecule has 1 amide bonds. The highest BCUT2D eigenvalue weighted by Gasteiger charge is 2.14. The second kappa shape index (κ2) is 6.92. The van der Waals surface area contributed by atoms with Gasteiger partial charge in [0.25, 0.3) is 0 Å². The molecule has 1 rings (SSSR count). The van der Waals surface area contributed by atoms with Crippen LogP contribution >= 0.6 is 23.2 Å². The van der Waals surface area contributed by atoms with Gasteiger partial charge in [-0.1, -0.05) is 43.0 Å². The molecule has 1 atom stereocenters. The predicted octanol–water partition coefficient (Wildman–Crippen LogP) is 3.59. The first-order chi connectivity index (χ1) is 8.45. The van der Waals surface area contributed by atoms with E-state index < -0.39 is 11.9 Å². The topological polar surface area (TPSA) is 55.1 Å². The molecule has 0 radical (unpaired) electrons. The van der Waals surface area contributed by atoms with E-state index in [0.717, 1.165) is 12.8 Å². The van der Waals surface area contributed by atoms with Crippen molar-refractivity contribution >= 4 is 34.8 Å². The molecule has 0 aliphatic rings. The predicted molar refractivity (Wildman–Crippen MR) is 72.6 cm³/mol. The number of anilines is 1. The Bertz CT molecular complexity index is 417. The number of unbranched alkanes of at least 4 members (excludes halogenated alkanes) is 1. The molecule has 0 aliphatic carbocycles. The van der Waals surface area contributed by atoms with Crippen LogP contribution < -0.4 is 11.1 Å². The van der Waals surface area contributed by atoms with Gasteiger partial charge in [0, 0.05) is 5.69 Å². The van der Waals surface area contributed by atoms with Crippen LogP contribution in [0.3, 0.4) is 0 Å². The monoisotopic (exact) mass is 292 g/mol. The number of nitrogens with one attached hydrogen (secondary N) is 1. The Balaban J connectivity index is 2.70. The number of rotatable bonds is 5. The zero-order valence-electron chi connectivity index (χ0n) is 9.97. The second-order valence-electron chi connectivity index (χ2n) is 3.99. The number of halogens is 3. The lowest BCUT2D eigenvalue weighted by Crippen LogP contribution is -2.35. The lowest BCUT2D eigenvalue weighted by molar-refractivity contribution is -0.117. The van der Waals surface area contributed by atoms with Gasteiger partial charge in [0.1, 0.15) is 0 Å². The van der Waals surface area contributed by atoms with Crippen LogP contribution in [0.4, 0.5) is 10.1 Å². The summed E-state index contributed by atoms with van der Waals surface area (Å²) in [6, 6.07) is 2.01. The van der Waals surface area contributed by atoms with Gasteiger partial charge in [-0.2, -0.15) is 0 Å². The lowest BCUT2D eigenvalue weighted by atomic mass is 10.1. The number of amides is 1. The summed E-state index contributed by atoms with van der Waals surface area (Å²) in [5.74, 6) is -1.03. The smallest absolute Gasteiger partial charge is 0.241 e. The average molecular weight is 293 g/mol. The van der Waals surface area contributed by atoms with E-state index in [1.165, 1.54) is 12.1 Å². The van der Waals surface area contributed by atoms with Gasteiger partial charge in [0.05, 0.1) is 16.1 Å². The minimum atomic E-state index is -0.702. The van der Waals surface area contributed by atoms with Crippen molar-refractivity contribution in [2.75, 3.05) is 5.32 Å². The van der Waals surface area contributed by atoms with Crippen molar-refractivity contribution in [3.8, 4) is 0 Å². The highest BCUT2D eigenvalue weighted by Crippen LogP contribution is 2.27. The van der Waals surface area contributed by atoms with E-state index in [4.69, 9.17) is 28.9 Å². The molecule has 0 saturated carbocycles. The van der Waals surface area contributed by atoms with Crippen LogP contribution in [0.5, 0.6) is 0 Å². The molecular formula is C12H15Cl2FN2O. The van der Waals surface area contributed by atoms with Crippen molar-refractivity contribution in [2.45, 2.75) is 32.2 Å². The van der Waals surface area contributed by atoms with Crippen LogP contribution in [0.2, 0.25) is 10.0 Å². The van der Waals surface area contributed by atoms with Crippen LogP contribution in [0.1, 0.15) is 26.2 Å². The maximum Gasteiger partial charge on any atom is 0.241 e. The molecular weight excluding hydrogens is 278 g/mol. The number of benzene rings is 1. The minimum absolute atomic E-state index is 0.139. The first-order valence-electron chi connectivity index (χ1n) is 5.66. The third-order valence-electron chi connectivity index (χ3n) is 2.46. The summed E-state index contributed by atoms with van der Waals surface area (Å²) in [6.45, 7) is 2.02. The lowest BCUT2D eigenvalue weighted by Gasteiger charge is -2.12. The fourth-order valence-electron chi connectivity index (χ4n) is 1.42. The fraction of sp³-hybridized carbons (Fsp3) is 0.417. The Labute approximate surface area is 115 Å². The van der Waals surface area contributed by atoms with E-state index in [-0.39, 0.29) is 16.0 Å². The average Bonchev–Trinajstić information content (AvgIpc) is 2.32. The highest BCUT2D eigenvalue weighted by molar-refractivity contribution is 6.35. The van der Waals surface area contributed by atoms with Crippen LogP contribution in [0.25, 0.3) is 0 Å². The Morgan fingerprint density at radius 3 is 2.50 bits per heavy atom. The van der Waals surface area contributed by atoms with Gasteiger partial charge in [0.15, 0.2) is 5.82 Å². The molecule has 0 aliphatic heterocycles. The van der Waals surface area contributed by atoms with Crippen LogP contribution in [0, 0.1) is 5.82 Å². The van der Waals surface area contributed by atoms with Gasteiger partial charge < -0.3 is 11.1 Å². The largest absolute Gasteiger partial charge is 0.325 e. The van der Waals surface area contributed by atoms with E-state index >= 15 is 0 Å². The molecule has 0 saturated heterocycles. The summed E-state index contributed by atoms with van der Waals surface area (Å²) in [4.78, 5) is 11.7. The van der Waals surface area contributed by atoms with Gasteiger partial charge >= 0.3 is 0 Å². The Morgan fingerprint density at radius 1 is 1.44 bits per heavy atom. The van der Waals surface area contributed by atoms with Gasteiger partial charge in [-0.3, -0.25) is 4.79 Å². The Hall–Kier alpha value is -0.840. The number of hydrogen-bond acceptors (Lipinski definition) is 2. The SMILES string of the molecule is CCCCC(N)C(=O)Nc1cc(Cl)c(F)c(Cl)c1. The summed E-state index contributed by atoms with van der Waals surface area (Å²) in [7, 11) is 0. The van der Waals surface area contributed by atoms with E-state index in [1.807, 2.05) is 6.92 Å². The zero-order valence-corrected chi connectivity index (χ0v) is 11.5. The Morgan fingerprint density at radius 2 is 2.00 bits per heavy atom. The molecule has 1 unspecified atom stereocenters. The normalized spacial score (nSPS) is 12.3. The second-order valence-corrected chi connectivity index (χ2v) is 4.81. The Kier molecular flexibility index (Phi) is 5.85. The third kappa shape index (κ3) is 4.12. The summed E-state index contributed by atoms with van der Waals surface area (Å²) in [5, 5.41) is 2.28. The van der Waals surface area contributed by atoms with E-state index in [2.05, 4.69) is 5.32 Å². The highest BCUT2D eigenvalue weighted by atomic mass is 35.5. The molecule has 0 aromatic heterocycles. The fourth-order valence-corrected chi connectivity index (χ4v) is 1.90. The molecule has 18 heavy (non-hydrogen) atoms. The van der Waals surface area contributed by atoms with Gasteiger partial charge in [-0.05, 0) is 18.6 Å². The van der Waals surface area contributed by atoms with Crippen molar-refractivity contribution in [3.63, 3.8) is 0 Å². The van der Waals surface area contributed by atoms with Crippen molar-refractivity contribution in [1.29, 1.82) is 0 Å². The molecule has 100 valence electrons. The quantitative estimate of drug-likeness (QED) is 0.815. The van der Waals surface area contributed by atoms with Crippen molar-refractivity contribution in [1.82, 2.24) is 0 Å². The number of carbonyl (C=O) groups excluding carboxylic acids is 1. The summed E-state index contributed by atoms with van der Waals surface area (Å²) < 4.78 is 13.2. The van der Waals surface area contributed by atoms with E-state index in [1.54, 1.807) is 0 Å². The molecule has 0 bridgehead atoms. The van der Waals surface area contributed by atoms with Gasteiger partial charge in [-0.15, -0.1) is 0 Å². The molecule has 0 spiro atoms. The molecule has 0 fully saturated rings. The van der Waals surface area contributed by atoms with Gasteiger partial charge in [-0.25, -0.2) is 4.39 Å². The number of carbonyl (C=O) groups is 1. The maximum atomic E-state index is 13.2. The molecule has 3 nitrogen and oxygen atoms in total. The number of hydrogen-bond donors (Lipinski definition) is 2. The first kappa shape index (κ1) is 15.2. The molecule has 1 aromatic rings. The van der Waals surface area contributed by atoms with Crippen molar-refractivity contribution < 1.29 is 9.18 Å². The van der Waals surface area contributed by atoms with Gasteiger partial charge in [0.2, 0.25) is 5.91 Å². The maximum absolute atomic E-state index is 13.2. The van der Waals surface area contributed by atoms with E-state index in [9.17, 15) is 9.18 Å². The molecule has 1 aromatic carbocycles. The first-order valence-corrected chi connectivity index (χ1v) is 6.42. The zero-order chi connectivity index (χ0) is 13.7.